The van der Waals surface area contributed by atoms with Crippen molar-refractivity contribution < 1.29 is 13.2 Å². The molecule has 0 atom stereocenters. The molecule has 0 aromatic heterocycles. The van der Waals surface area contributed by atoms with E-state index in [1.165, 1.54) is 26.3 Å². The molecule has 0 heterocycles. The lowest BCUT2D eigenvalue weighted by molar-refractivity contribution is 0.147. The zero-order valence-electron chi connectivity index (χ0n) is 7.44. The first kappa shape index (κ1) is 10.2. The molecule has 0 aliphatic carbocycles. The molecule has 0 bridgehead atoms. The topological polar surface area (TPSA) is 0 Å². The van der Waals surface area contributed by atoms with E-state index in [4.69, 9.17) is 0 Å². The third-order valence-corrected chi connectivity index (χ3v) is 1.94. The lowest BCUT2D eigenvalue weighted by Gasteiger charge is -2.09. The first-order valence-corrected chi connectivity index (χ1v) is 3.94. The summed E-state index contributed by atoms with van der Waals surface area (Å²) in [4.78, 5) is 0. The monoisotopic (exact) mass is 185 g/mol. The zero-order valence-corrected chi connectivity index (χ0v) is 7.44. The number of aryl methyl sites for hydroxylation is 1. The van der Waals surface area contributed by atoms with Crippen molar-refractivity contribution in [2.75, 3.05) is 0 Å². The van der Waals surface area contributed by atoms with Crippen LogP contribution in [0.2, 0.25) is 6.82 Å². The molecule has 4 heteroatoms. The van der Waals surface area contributed by atoms with Gasteiger partial charge in [0.15, 0.2) is 0 Å². The van der Waals surface area contributed by atoms with Crippen LogP contribution in [-0.4, -0.2) is 7.28 Å². The third kappa shape index (κ3) is 1.87. The van der Waals surface area contributed by atoms with Crippen molar-refractivity contribution in [3.8, 4) is 0 Å². The summed E-state index contributed by atoms with van der Waals surface area (Å²) in [6.45, 7) is 3.08. The molecular formula is C9H9BF3. The van der Waals surface area contributed by atoms with Gasteiger partial charge in [0, 0.05) is 5.56 Å². The van der Waals surface area contributed by atoms with Crippen LogP contribution >= 0.6 is 0 Å². The molecule has 1 aromatic carbocycles. The van der Waals surface area contributed by atoms with Crippen LogP contribution in [0.1, 0.15) is 17.6 Å². The van der Waals surface area contributed by atoms with E-state index in [0.717, 1.165) is 0 Å². The van der Waals surface area contributed by atoms with Crippen LogP contribution in [0.15, 0.2) is 12.1 Å². The summed E-state index contributed by atoms with van der Waals surface area (Å²) < 4.78 is 38.0. The van der Waals surface area contributed by atoms with E-state index >= 15 is 0 Å². The largest absolute Gasteiger partial charge is 0.266 e. The average molecular weight is 185 g/mol. The molecule has 1 rings (SSSR count). The molecule has 0 aliphatic heterocycles. The van der Waals surface area contributed by atoms with Crippen LogP contribution in [-0.2, 0) is 0 Å². The highest BCUT2D eigenvalue weighted by atomic mass is 19.3. The summed E-state index contributed by atoms with van der Waals surface area (Å²) in [5.74, 6) is -0.800. The summed E-state index contributed by atoms with van der Waals surface area (Å²) in [6, 6.07) is 3.00. The van der Waals surface area contributed by atoms with Crippen LogP contribution < -0.4 is 5.46 Å². The van der Waals surface area contributed by atoms with Gasteiger partial charge in [0.25, 0.3) is 6.43 Å². The highest BCUT2D eigenvalue weighted by Gasteiger charge is 2.18. The Balaban J connectivity index is 3.32. The Morgan fingerprint density at radius 3 is 2.38 bits per heavy atom. The average Bonchev–Trinajstić information content (AvgIpc) is 2.08. The normalized spacial score (nSPS) is 10.6. The van der Waals surface area contributed by atoms with E-state index in [2.05, 4.69) is 0 Å². The lowest BCUT2D eigenvalue weighted by Crippen LogP contribution is -2.19. The van der Waals surface area contributed by atoms with Gasteiger partial charge in [-0.25, -0.2) is 13.2 Å². The fourth-order valence-corrected chi connectivity index (χ4v) is 1.19. The Morgan fingerprint density at radius 1 is 1.31 bits per heavy atom. The van der Waals surface area contributed by atoms with E-state index < -0.39 is 17.8 Å². The Bertz CT molecular complexity index is 310. The van der Waals surface area contributed by atoms with Crippen molar-refractivity contribution >= 4 is 12.7 Å². The Labute approximate surface area is 76.0 Å². The molecule has 0 spiro atoms. The molecule has 0 amide bonds. The van der Waals surface area contributed by atoms with Crippen molar-refractivity contribution in [2.24, 2.45) is 0 Å². The van der Waals surface area contributed by atoms with Crippen molar-refractivity contribution in [3.63, 3.8) is 0 Å². The van der Waals surface area contributed by atoms with Crippen molar-refractivity contribution in [1.29, 1.82) is 0 Å². The molecule has 0 saturated carbocycles. The number of hydrogen-bond acceptors (Lipinski definition) is 0. The van der Waals surface area contributed by atoms with Crippen LogP contribution in [0.5, 0.6) is 0 Å². The molecule has 0 unspecified atom stereocenters. The van der Waals surface area contributed by atoms with E-state index in [-0.39, 0.29) is 11.0 Å². The van der Waals surface area contributed by atoms with Crippen LogP contribution in [0.3, 0.4) is 0 Å². The lowest BCUT2D eigenvalue weighted by atomic mass is 9.70. The van der Waals surface area contributed by atoms with Gasteiger partial charge in [-0.15, -0.1) is 0 Å². The van der Waals surface area contributed by atoms with Gasteiger partial charge in [0.2, 0.25) is 0 Å². The summed E-state index contributed by atoms with van der Waals surface area (Å²) in [7, 11) is 1.48. The number of alkyl halides is 2. The summed E-state index contributed by atoms with van der Waals surface area (Å²) >= 11 is 0. The third-order valence-electron chi connectivity index (χ3n) is 1.94. The molecule has 1 aromatic rings. The predicted octanol–water partition coefficient (Wildman–Crippen LogP) is 2.45. The maximum atomic E-state index is 13.2. The SMILES string of the molecule is C[B]c1ccc(C)c(F)c1C(F)F. The zero-order chi connectivity index (χ0) is 10.0. The van der Waals surface area contributed by atoms with E-state index in [9.17, 15) is 13.2 Å². The molecule has 69 valence electrons. The van der Waals surface area contributed by atoms with Gasteiger partial charge in [-0.05, 0) is 12.5 Å². The van der Waals surface area contributed by atoms with Crippen molar-refractivity contribution in [1.82, 2.24) is 0 Å². The van der Waals surface area contributed by atoms with Gasteiger partial charge in [0.1, 0.15) is 13.1 Å². The maximum absolute atomic E-state index is 13.2. The van der Waals surface area contributed by atoms with E-state index in [1.54, 1.807) is 6.82 Å². The predicted molar refractivity (Wildman–Crippen MR) is 47.3 cm³/mol. The quantitative estimate of drug-likeness (QED) is 0.620. The highest BCUT2D eigenvalue weighted by molar-refractivity contribution is 6.52. The summed E-state index contributed by atoms with van der Waals surface area (Å²) in [5.41, 5.74) is 0.0153. The van der Waals surface area contributed by atoms with Gasteiger partial charge in [-0.2, -0.15) is 0 Å². The fourth-order valence-electron chi connectivity index (χ4n) is 1.19. The molecule has 0 aliphatic rings. The smallest absolute Gasteiger partial charge is 0.206 e. The number of benzene rings is 1. The molecule has 0 nitrogen and oxygen atoms in total. The van der Waals surface area contributed by atoms with Gasteiger partial charge in [-0.1, -0.05) is 24.4 Å². The minimum atomic E-state index is -2.76. The van der Waals surface area contributed by atoms with Crippen molar-refractivity contribution in [2.45, 2.75) is 20.2 Å². The second kappa shape index (κ2) is 3.86. The number of halogens is 3. The molecule has 1 radical (unpaired) electrons. The van der Waals surface area contributed by atoms with Gasteiger partial charge in [-0.3, -0.25) is 0 Å². The Kier molecular flexibility index (Phi) is 3.01. The van der Waals surface area contributed by atoms with Gasteiger partial charge < -0.3 is 0 Å². The van der Waals surface area contributed by atoms with Crippen LogP contribution in [0.25, 0.3) is 0 Å². The summed E-state index contributed by atoms with van der Waals surface area (Å²) in [5, 5.41) is 0. The van der Waals surface area contributed by atoms with Gasteiger partial charge in [0.05, 0.1) is 0 Å². The standard InChI is InChI=1S/C9H9BF3/c1-5-3-4-6(10-2)7(8(5)11)9(12)13/h3-4,9H,1-2H3. The molecule has 0 N–H and O–H groups in total. The second-order valence-corrected chi connectivity index (χ2v) is 2.79. The van der Waals surface area contributed by atoms with Crippen molar-refractivity contribution in [3.05, 3.63) is 29.1 Å². The molecule has 0 saturated heterocycles. The first-order chi connectivity index (χ1) is 6.07. The van der Waals surface area contributed by atoms with Crippen LogP contribution in [0.4, 0.5) is 13.2 Å². The van der Waals surface area contributed by atoms with Crippen LogP contribution in [0, 0.1) is 12.7 Å². The first-order valence-electron chi connectivity index (χ1n) is 3.94. The Morgan fingerprint density at radius 2 is 1.92 bits per heavy atom. The Hall–Kier alpha value is -0.925. The molecule has 0 fully saturated rings. The molecular weight excluding hydrogens is 176 g/mol. The van der Waals surface area contributed by atoms with E-state index in [0.29, 0.717) is 0 Å². The minimum absolute atomic E-state index is 0.251. The van der Waals surface area contributed by atoms with E-state index in [1.807, 2.05) is 0 Å². The molecule has 13 heavy (non-hydrogen) atoms. The highest BCUT2D eigenvalue weighted by Crippen LogP contribution is 2.21. The number of rotatable bonds is 2. The summed E-state index contributed by atoms with van der Waals surface area (Å²) in [6.07, 6.45) is -2.76. The van der Waals surface area contributed by atoms with Gasteiger partial charge >= 0.3 is 0 Å². The maximum Gasteiger partial charge on any atom is 0.266 e. The second-order valence-electron chi connectivity index (χ2n) is 2.79. The fraction of sp³-hybridized carbons (Fsp3) is 0.333. The number of hydrogen-bond donors (Lipinski definition) is 0. The minimum Gasteiger partial charge on any atom is -0.206 e.